The van der Waals surface area contributed by atoms with Gasteiger partial charge in [-0.3, -0.25) is 19.6 Å². The van der Waals surface area contributed by atoms with Crippen LogP contribution in [-0.4, -0.2) is 39.5 Å². The molecule has 0 atom stereocenters. The number of carbonyl (C=O) groups is 1. The molecule has 0 saturated heterocycles. The minimum Gasteiger partial charge on any atom is -0.385 e. The number of para-hydroxylation sites is 1. The molecule has 0 spiro atoms. The van der Waals surface area contributed by atoms with E-state index < -0.39 is 20.9 Å². The van der Waals surface area contributed by atoms with E-state index in [0.717, 1.165) is 6.07 Å². The predicted molar refractivity (Wildman–Crippen MR) is 104 cm³/mol. The van der Waals surface area contributed by atoms with Crippen LogP contribution in [0.4, 0.5) is 11.4 Å². The second kappa shape index (κ2) is 9.29. The largest absolute Gasteiger partial charge is 0.385 e. The highest BCUT2D eigenvalue weighted by atomic mass is 32.2. The van der Waals surface area contributed by atoms with Crippen molar-refractivity contribution in [2.75, 3.05) is 25.0 Å². The van der Waals surface area contributed by atoms with E-state index in [4.69, 9.17) is 4.74 Å². The predicted octanol–water partition coefficient (Wildman–Crippen LogP) is 2.47. The number of anilines is 1. The summed E-state index contributed by atoms with van der Waals surface area (Å²) < 4.78 is 32.6. The molecule has 2 aromatic carbocycles. The van der Waals surface area contributed by atoms with E-state index in [9.17, 15) is 23.3 Å². The third kappa shape index (κ3) is 5.27. The van der Waals surface area contributed by atoms with E-state index in [2.05, 4.69) is 10.0 Å². The highest BCUT2D eigenvalue weighted by Gasteiger charge is 2.22. The van der Waals surface area contributed by atoms with E-state index in [1.165, 1.54) is 31.2 Å². The smallest absolute Gasteiger partial charge is 0.273 e. The molecule has 2 N–H and O–H groups in total. The summed E-state index contributed by atoms with van der Waals surface area (Å²) in [5.74, 6) is -0.440. The number of sulfonamides is 1. The number of hydrogen-bond acceptors (Lipinski definition) is 6. The Balaban J connectivity index is 2.26. The number of ether oxygens (including phenoxy) is 1. The van der Waals surface area contributed by atoms with E-state index >= 15 is 0 Å². The molecule has 0 aliphatic carbocycles. The Morgan fingerprint density at radius 2 is 1.93 bits per heavy atom. The summed E-state index contributed by atoms with van der Waals surface area (Å²) in [4.78, 5) is 22.5. The van der Waals surface area contributed by atoms with Crippen LogP contribution in [0.2, 0.25) is 0 Å². The summed E-state index contributed by atoms with van der Waals surface area (Å²) >= 11 is 0. The van der Waals surface area contributed by atoms with Crippen LogP contribution in [0.15, 0.2) is 47.4 Å². The fourth-order valence-corrected chi connectivity index (χ4v) is 3.54. The molecule has 0 saturated carbocycles. The topological polar surface area (TPSA) is 128 Å². The molecule has 0 aliphatic rings. The first kappa shape index (κ1) is 21.3. The van der Waals surface area contributed by atoms with Gasteiger partial charge >= 0.3 is 0 Å². The maximum absolute atomic E-state index is 12.7. The number of aryl methyl sites for hydroxylation is 1. The van der Waals surface area contributed by atoms with Crippen LogP contribution in [0.25, 0.3) is 0 Å². The number of carbonyl (C=O) groups excluding carboxylic acids is 1. The first-order valence-corrected chi connectivity index (χ1v) is 9.88. The van der Waals surface area contributed by atoms with Gasteiger partial charge in [-0.25, -0.2) is 8.42 Å². The van der Waals surface area contributed by atoms with E-state index in [1.807, 2.05) is 0 Å². The molecule has 0 fully saturated rings. The zero-order chi connectivity index (χ0) is 20.7. The van der Waals surface area contributed by atoms with Crippen LogP contribution in [0.1, 0.15) is 22.3 Å². The lowest BCUT2D eigenvalue weighted by Gasteiger charge is -2.13. The van der Waals surface area contributed by atoms with Crippen LogP contribution in [-0.2, 0) is 14.8 Å². The molecule has 0 heterocycles. The van der Waals surface area contributed by atoms with Gasteiger partial charge in [-0.05, 0) is 31.5 Å². The van der Waals surface area contributed by atoms with Gasteiger partial charge < -0.3 is 10.1 Å². The molecule has 0 radical (unpaired) electrons. The van der Waals surface area contributed by atoms with Crippen molar-refractivity contribution in [2.45, 2.75) is 18.2 Å². The fraction of sp³-hybridized carbons (Fsp3) is 0.278. The number of methoxy groups -OCH3 is 1. The molecular formula is C18H21N3O6S. The Bertz CT molecular complexity index is 975. The molecule has 2 aromatic rings. The molecule has 2 rings (SSSR count). The van der Waals surface area contributed by atoms with Gasteiger partial charge in [-0.15, -0.1) is 0 Å². The van der Waals surface area contributed by atoms with Crippen LogP contribution in [0.3, 0.4) is 0 Å². The second-order valence-electron chi connectivity index (χ2n) is 5.96. The van der Waals surface area contributed by atoms with Crippen molar-refractivity contribution < 1.29 is 22.9 Å². The standard InChI is InChI=1S/C18H21N3O6S/c1-13-8-9-14(12-17(13)21(23)24)28(25,26)20-16-7-4-3-6-15(16)18(22)19-10-5-11-27-2/h3-4,6-9,12,20H,5,10-11H2,1-2H3,(H,19,22). The minimum absolute atomic E-state index is 0.0787. The molecule has 0 unspecified atom stereocenters. The van der Waals surface area contributed by atoms with Gasteiger partial charge in [0.2, 0.25) is 0 Å². The summed E-state index contributed by atoms with van der Waals surface area (Å²) in [5.41, 5.74) is 0.270. The number of hydrogen-bond donors (Lipinski definition) is 2. The molecule has 0 aromatic heterocycles. The number of rotatable bonds is 9. The van der Waals surface area contributed by atoms with Crippen molar-refractivity contribution in [3.05, 3.63) is 63.7 Å². The Morgan fingerprint density at radius 3 is 2.61 bits per heavy atom. The number of nitro groups is 1. The van der Waals surface area contributed by atoms with Gasteiger partial charge in [-0.1, -0.05) is 18.2 Å². The molecule has 10 heteroatoms. The SMILES string of the molecule is COCCCNC(=O)c1ccccc1NS(=O)(=O)c1ccc(C)c([N+](=O)[O-])c1. The van der Waals surface area contributed by atoms with Gasteiger partial charge in [0.1, 0.15) is 0 Å². The first-order valence-electron chi connectivity index (χ1n) is 8.40. The monoisotopic (exact) mass is 407 g/mol. The molecular weight excluding hydrogens is 386 g/mol. The van der Waals surface area contributed by atoms with Crippen molar-refractivity contribution in [1.29, 1.82) is 0 Å². The number of nitrogens with zero attached hydrogens (tertiary/aromatic N) is 1. The molecule has 0 bridgehead atoms. The third-order valence-corrected chi connectivity index (χ3v) is 5.28. The third-order valence-electron chi connectivity index (χ3n) is 3.91. The number of nitro benzene ring substituents is 1. The lowest BCUT2D eigenvalue weighted by atomic mass is 10.1. The Hall–Kier alpha value is -2.98. The summed E-state index contributed by atoms with van der Waals surface area (Å²) in [7, 11) is -2.57. The normalized spacial score (nSPS) is 11.1. The summed E-state index contributed by atoms with van der Waals surface area (Å²) in [6, 6.07) is 9.76. The maximum Gasteiger partial charge on any atom is 0.273 e. The van der Waals surface area contributed by atoms with Crippen molar-refractivity contribution in [3.8, 4) is 0 Å². The Kier molecular flexibility index (Phi) is 7.07. The zero-order valence-corrected chi connectivity index (χ0v) is 16.3. The lowest BCUT2D eigenvalue weighted by Crippen LogP contribution is -2.26. The highest BCUT2D eigenvalue weighted by Crippen LogP contribution is 2.25. The molecule has 150 valence electrons. The van der Waals surface area contributed by atoms with Gasteiger partial charge in [0, 0.05) is 31.9 Å². The maximum atomic E-state index is 12.7. The first-order chi connectivity index (χ1) is 13.3. The summed E-state index contributed by atoms with van der Waals surface area (Å²) in [6.07, 6.45) is 0.614. The van der Waals surface area contributed by atoms with Crippen LogP contribution >= 0.6 is 0 Å². The van der Waals surface area contributed by atoms with Crippen molar-refractivity contribution >= 4 is 27.3 Å². The van der Waals surface area contributed by atoms with Crippen molar-refractivity contribution in [2.24, 2.45) is 0 Å². The highest BCUT2D eigenvalue weighted by molar-refractivity contribution is 7.92. The van der Waals surface area contributed by atoms with Crippen molar-refractivity contribution in [1.82, 2.24) is 5.32 Å². The fourth-order valence-electron chi connectivity index (χ4n) is 2.44. The average Bonchev–Trinajstić information content (AvgIpc) is 2.65. The Labute approximate surface area is 162 Å². The number of amides is 1. The van der Waals surface area contributed by atoms with E-state index in [-0.39, 0.29) is 21.8 Å². The Morgan fingerprint density at radius 1 is 1.21 bits per heavy atom. The average molecular weight is 407 g/mol. The number of nitrogens with one attached hydrogen (secondary N) is 2. The van der Waals surface area contributed by atoms with E-state index in [0.29, 0.717) is 25.1 Å². The molecule has 0 aliphatic heterocycles. The number of benzene rings is 2. The van der Waals surface area contributed by atoms with Gasteiger partial charge in [0.05, 0.1) is 21.1 Å². The van der Waals surface area contributed by atoms with Crippen LogP contribution in [0.5, 0.6) is 0 Å². The van der Waals surface area contributed by atoms with E-state index in [1.54, 1.807) is 19.2 Å². The second-order valence-corrected chi connectivity index (χ2v) is 7.64. The summed E-state index contributed by atoms with van der Waals surface area (Å²) in [5, 5.41) is 13.8. The quantitative estimate of drug-likeness (QED) is 0.373. The van der Waals surface area contributed by atoms with Crippen LogP contribution < -0.4 is 10.0 Å². The van der Waals surface area contributed by atoms with Crippen LogP contribution in [0, 0.1) is 17.0 Å². The molecule has 28 heavy (non-hydrogen) atoms. The zero-order valence-electron chi connectivity index (χ0n) is 15.5. The van der Waals surface area contributed by atoms with Gasteiger partial charge in [0.25, 0.3) is 21.6 Å². The summed E-state index contributed by atoms with van der Waals surface area (Å²) in [6.45, 7) is 2.38. The van der Waals surface area contributed by atoms with Gasteiger partial charge in [-0.2, -0.15) is 0 Å². The molecule has 1 amide bonds. The minimum atomic E-state index is -4.13. The lowest BCUT2D eigenvalue weighted by molar-refractivity contribution is -0.385. The van der Waals surface area contributed by atoms with Gasteiger partial charge in [0.15, 0.2) is 0 Å². The van der Waals surface area contributed by atoms with Crippen molar-refractivity contribution in [3.63, 3.8) is 0 Å². The molecule has 9 nitrogen and oxygen atoms in total.